The number of nitrogens with zero attached hydrogens (tertiary/aromatic N) is 4. The molecular formula is C38H30Br2Cl2N4O2. The minimum atomic E-state index is -0.127. The van der Waals surface area contributed by atoms with Gasteiger partial charge in [0.25, 0.3) is 11.8 Å². The second kappa shape index (κ2) is 15.6. The molecule has 0 radical (unpaired) electrons. The maximum atomic E-state index is 13.6. The third-order valence-electron chi connectivity index (χ3n) is 7.92. The van der Waals surface area contributed by atoms with Crippen LogP contribution in [0.15, 0.2) is 127 Å². The summed E-state index contributed by atoms with van der Waals surface area (Å²) >= 11 is 19.2. The second-order valence-corrected chi connectivity index (χ2v) is 14.1. The van der Waals surface area contributed by atoms with Crippen molar-refractivity contribution in [2.24, 2.45) is 9.98 Å². The van der Waals surface area contributed by atoms with Crippen molar-refractivity contribution in [3.63, 3.8) is 0 Å². The molecule has 0 aliphatic carbocycles. The predicted octanol–water partition coefficient (Wildman–Crippen LogP) is 10.0. The zero-order valence-electron chi connectivity index (χ0n) is 25.8. The van der Waals surface area contributed by atoms with Crippen LogP contribution in [0.1, 0.15) is 47.9 Å². The lowest BCUT2D eigenvalue weighted by atomic mass is 10.1. The van der Waals surface area contributed by atoms with Crippen LogP contribution in [0.2, 0.25) is 10.0 Å². The Morgan fingerprint density at radius 3 is 1.33 bits per heavy atom. The Morgan fingerprint density at radius 1 is 0.562 bits per heavy atom. The number of carbonyl (C=O) groups is 2. The molecule has 0 saturated carbocycles. The van der Waals surface area contributed by atoms with Crippen molar-refractivity contribution in [3.8, 4) is 0 Å². The van der Waals surface area contributed by atoms with E-state index in [0.29, 0.717) is 46.2 Å². The van der Waals surface area contributed by atoms with Gasteiger partial charge in [-0.25, -0.2) is 9.98 Å². The minimum Gasteiger partial charge on any atom is -0.291 e. The Kier molecular flexibility index (Phi) is 11.1. The third kappa shape index (κ3) is 8.24. The number of halogens is 4. The summed E-state index contributed by atoms with van der Waals surface area (Å²) in [4.78, 5) is 40.2. The zero-order valence-corrected chi connectivity index (χ0v) is 30.4. The molecule has 0 atom stereocenters. The van der Waals surface area contributed by atoms with Crippen molar-refractivity contribution >= 4 is 90.7 Å². The van der Waals surface area contributed by atoms with Crippen LogP contribution in [-0.2, 0) is 9.59 Å². The number of benzene rings is 4. The highest BCUT2D eigenvalue weighted by Gasteiger charge is 2.32. The van der Waals surface area contributed by atoms with Crippen LogP contribution in [0.3, 0.4) is 0 Å². The smallest absolute Gasteiger partial charge is 0.278 e. The summed E-state index contributed by atoms with van der Waals surface area (Å²) in [6, 6.07) is 30.3. The van der Waals surface area contributed by atoms with Gasteiger partial charge in [0.1, 0.15) is 23.1 Å². The van der Waals surface area contributed by atoms with E-state index in [9.17, 15) is 9.59 Å². The first kappa shape index (κ1) is 34.1. The van der Waals surface area contributed by atoms with E-state index in [-0.39, 0.29) is 11.8 Å². The molecule has 2 aliphatic heterocycles. The monoisotopic (exact) mass is 802 g/mol. The van der Waals surface area contributed by atoms with E-state index in [0.717, 1.165) is 56.9 Å². The van der Waals surface area contributed by atoms with Crippen molar-refractivity contribution < 1.29 is 9.59 Å². The van der Waals surface area contributed by atoms with E-state index in [1.54, 1.807) is 46.2 Å². The van der Waals surface area contributed by atoms with E-state index >= 15 is 0 Å². The summed E-state index contributed by atoms with van der Waals surface area (Å²) in [6.07, 6.45) is 6.92. The molecular weight excluding hydrogens is 775 g/mol. The summed E-state index contributed by atoms with van der Waals surface area (Å²) in [6.45, 7) is 1.06. The molecule has 0 bridgehead atoms. The average molecular weight is 805 g/mol. The first-order valence-corrected chi connectivity index (χ1v) is 17.9. The van der Waals surface area contributed by atoms with Gasteiger partial charge >= 0.3 is 0 Å². The standard InChI is InChI=1S/C38H30Br2Cl2N4O2/c39-29-9-5-7-27(23-29)35-43-33(21-25-11-15-31(41)16-12-25)37(47)45(35)19-3-1-2-4-20-46-36(28-8-6-10-30(40)24-28)44-34(38(46)48)22-26-13-17-32(42)18-14-26/h5-18,21-24H,1-4,19-20H2. The van der Waals surface area contributed by atoms with E-state index in [2.05, 4.69) is 31.9 Å². The summed E-state index contributed by atoms with van der Waals surface area (Å²) < 4.78 is 1.83. The number of unbranched alkanes of at least 4 members (excludes halogenated alkanes) is 3. The molecule has 0 N–H and O–H groups in total. The second-order valence-electron chi connectivity index (χ2n) is 11.4. The van der Waals surface area contributed by atoms with E-state index < -0.39 is 0 Å². The summed E-state index contributed by atoms with van der Waals surface area (Å²) in [5.41, 5.74) is 4.23. The van der Waals surface area contributed by atoms with Gasteiger partial charge in [0.05, 0.1) is 0 Å². The molecule has 4 aromatic rings. The van der Waals surface area contributed by atoms with E-state index in [4.69, 9.17) is 33.2 Å². The minimum absolute atomic E-state index is 0.127. The Hall–Kier alpha value is -3.82. The van der Waals surface area contributed by atoms with Crippen LogP contribution in [0.5, 0.6) is 0 Å². The van der Waals surface area contributed by atoms with Gasteiger partial charge in [0.15, 0.2) is 0 Å². The Bertz CT molecular complexity index is 1830. The average Bonchev–Trinajstić information content (AvgIpc) is 3.55. The number of amides is 2. The maximum Gasteiger partial charge on any atom is 0.278 e. The van der Waals surface area contributed by atoms with Crippen molar-refractivity contribution in [3.05, 3.63) is 150 Å². The van der Waals surface area contributed by atoms with Crippen LogP contribution in [0, 0.1) is 0 Å². The molecule has 0 unspecified atom stereocenters. The van der Waals surface area contributed by atoms with Crippen molar-refractivity contribution in [2.75, 3.05) is 13.1 Å². The third-order valence-corrected chi connectivity index (χ3v) is 9.41. The lowest BCUT2D eigenvalue weighted by Crippen LogP contribution is -2.34. The first-order valence-electron chi connectivity index (χ1n) is 15.5. The number of carbonyl (C=O) groups excluding carboxylic acids is 2. The highest BCUT2D eigenvalue weighted by molar-refractivity contribution is 9.10. The first-order chi connectivity index (χ1) is 23.2. The largest absolute Gasteiger partial charge is 0.291 e. The summed E-state index contributed by atoms with van der Waals surface area (Å²) in [5.74, 6) is 1.02. The quantitative estimate of drug-likeness (QED) is 0.112. The molecule has 242 valence electrons. The van der Waals surface area contributed by atoms with Gasteiger partial charge in [-0.15, -0.1) is 0 Å². The summed E-state index contributed by atoms with van der Waals surface area (Å²) in [7, 11) is 0. The van der Waals surface area contributed by atoms with Gasteiger partial charge < -0.3 is 0 Å². The molecule has 4 aromatic carbocycles. The topological polar surface area (TPSA) is 65.3 Å². The SMILES string of the molecule is O=C1C(=Cc2ccc(Cl)cc2)N=C(c2cccc(Br)c2)N1CCCCCCN1C(=O)C(=Cc2ccc(Cl)cc2)N=C1c1cccc(Br)c1. The van der Waals surface area contributed by atoms with Crippen LogP contribution >= 0.6 is 55.1 Å². The van der Waals surface area contributed by atoms with Gasteiger partial charge in [-0.2, -0.15) is 0 Å². The van der Waals surface area contributed by atoms with Crippen molar-refractivity contribution in [1.29, 1.82) is 0 Å². The Labute approximate surface area is 306 Å². The van der Waals surface area contributed by atoms with Gasteiger partial charge in [-0.3, -0.25) is 19.4 Å². The van der Waals surface area contributed by atoms with Crippen molar-refractivity contribution in [2.45, 2.75) is 25.7 Å². The van der Waals surface area contributed by atoms with Gasteiger partial charge in [-0.05, 0) is 84.7 Å². The van der Waals surface area contributed by atoms with Crippen LogP contribution in [0.25, 0.3) is 12.2 Å². The molecule has 6 nitrogen and oxygen atoms in total. The lowest BCUT2D eigenvalue weighted by molar-refractivity contribution is -0.123. The van der Waals surface area contributed by atoms with E-state index in [1.807, 2.05) is 72.8 Å². The normalized spacial score (nSPS) is 16.3. The van der Waals surface area contributed by atoms with Crippen molar-refractivity contribution in [1.82, 2.24) is 9.80 Å². The lowest BCUT2D eigenvalue weighted by Gasteiger charge is -2.20. The number of aliphatic imine (C=N–C) groups is 2. The molecule has 48 heavy (non-hydrogen) atoms. The fourth-order valence-corrected chi connectivity index (χ4v) is 6.59. The molecule has 2 amide bonds. The number of rotatable bonds is 11. The molecule has 0 saturated heterocycles. The maximum absolute atomic E-state index is 13.6. The number of hydrogen-bond acceptors (Lipinski definition) is 4. The number of hydrogen-bond donors (Lipinski definition) is 0. The highest BCUT2D eigenvalue weighted by atomic mass is 79.9. The highest BCUT2D eigenvalue weighted by Crippen LogP contribution is 2.27. The van der Waals surface area contributed by atoms with Crippen LogP contribution in [-0.4, -0.2) is 46.4 Å². The van der Waals surface area contributed by atoms with Crippen LogP contribution < -0.4 is 0 Å². The van der Waals surface area contributed by atoms with E-state index in [1.165, 1.54) is 0 Å². The molecule has 6 rings (SSSR count). The van der Waals surface area contributed by atoms with Crippen LogP contribution in [0.4, 0.5) is 0 Å². The predicted molar refractivity (Wildman–Crippen MR) is 202 cm³/mol. The van der Waals surface area contributed by atoms with Gasteiger partial charge in [0.2, 0.25) is 0 Å². The molecule has 10 heteroatoms. The zero-order chi connectivity index (χ0) is 33.6. The molecule has 0 aromatic heterocycles. The molecule has 2 aliphatic rings. The fraction of sp³-hybridized carbons (Fsp3) is 0.158. The van der Waals surface area contributed by atoms with Gasteiger partial charge in [-0.1, -0.05) is 116 Å². The Morgan fingerprint density at radius 2 is 0.958 bits per heavy atom. The molecule has 0 fully saturated rings. The fourth-order valence-electron chi connectivity index (χ4n) is 5.54. The van der Waals surface area contributed by atoms with Gasteiger partial charge in [0, 0.05) is 43.2 Å². The summed E-state index contributed by atoms with van der Waals surface area (Å²) in [5, 5.41) is 1.27. The number of amidine groups is 2. The Balaban J connectivity index is 1.11. The molecule has 0 spiro atoms. The molecule has 2 heterocycles.